The number of halogens is 2. The largest absolute Gasteiger partial charge is 0.361 e. The topological polar surface area (TPSA) is 107 Å². The van der Waals surface area contributed by atoms with E-state index in [9.17, 15) is 5.26 Å². The Morgan fingerprint density at radius 1 is 0.906 bits per heavy atom. The van der Waals surface area contributed by atoms with Crippen molar-refractivity contribution >= 4 is 5.82 Å². The van der Waals surface area contributed by atoms with Gasteiger partial charge in [0.15, 0.2) is 5.36 Å². The van der Waals surface area contributed by atoms with Crippen molar-refractivity contribution in [3.05, 3.63) is 98.1 Å². The molecule has 0 unspecified atom stereocenters. The fourth-order valence-electron chi connectivity index (χ4n) is 3.49. The van der Waals surface area contributed by atoms with Crippen LogP contribution in [0.15, 0.2) is 46.8 Å². The fraction of sp³-hybridized carbons (Fsp3) is 0. The van der Waals surface area contributed by atoms with E-state index in [2.05, 4.69) is 29.9 Å². The van der Waals surface area contributed by atoms with Gasteiger partial charge < -0.3 is 4.85 Å². The first-order valence-corrected chi connectivity index (χ1v) is 8.73. The summed E-state index contributed by atoms with van der Waals surface area (Å²) in [5.41, 5.74) is -0.0966. The maximum Gasteiger partial charge on any atom is 0.270 e. The van der Waals surface area contributed by atoms with Crippen LogP contribution in [0.25, 0.3) is 32.1 Å². The molecular weight excluding hydrogens is 414 g/mol. The van der Waals surface area contributed by atoms with Crippen molar-refractivity contribution in [3.8, 4) is 34.5 Å². The second-order valence-electron chi connectivity index (χ2n) is 6.29. The molecule has 2 aliphatic carbocycles. The maximum absolute atomic E-state index is 15.7. The molecule has 8 nitrogen and oxygen atoms in total. The monoisotopic (exact) mass is 420 g/mol. The Kier molecular flexibility index (Phi) is 4.89. The molecule has 0 aliphatic heterocycles. The van der Waals surface area contributed by atoms with Crippen LogP contribution in [0.5, 0.6) is 0 Å². The molecule has 0 fully saturated rings. The third-order valence-corrected chi connectivity index (χ3v) is 4.70. The first-order chi connectivity index (χ1) is 15.5. The van der Waals surface area contributed by atoms with E-state index in [1.54, 1.807) is 6.19 Å². The summed E-state index contributed by atoms with van der Waals surface area (Å²) in [6.45, 7) is 14.2. The van der Waals surface area contributed by atoms with E-state index in [1.807, 2.05) is 6.07 Å². The lowest BCUT2D eigenvalue weighted by Crippen LogP contribution is -2.08. The van der Waals surface area contributed by atoms with E-state index < -0.39 is 11.6 Å². The van der Waals surface area contributed by atoms with Gasteiger partial charge in [-0.15, -0.1) is 9.94 Å². The molecule has 0 N–H and O–H groups in total. The van der Waals surface area contributed by atoms with Crippen LogP contribution in [0.3, 0.4) is 0 Å². The van der Waals surface area contributed by atoms with Crippen molar-refractivity contribution in [2.75, 3.05) is 0 Å². The molecule has 0 aromatic carbocycles. The van der Waals surface area contributed by atoms with E-state index >= 15 is 8.78 Å². The van der Waals surface area contributed by atoms with Gasteiger partial charge in [-0.3, -0.25) is 0 Å². The Labute approximate surface area is 178 Å². The highest BCUT2D eigenvalue weighted by Crippen LogP contribution is 2.28. The van der Waals surface area contributed by atoms with Crippen molar-refractivity contribution < 1.29 is 8.78 Å². The summed E-state index contributed by atoms with van der Waals surface area (Å²) in [7, 11) is 0. The van der Waals surface area contributed by atoms with Gasteiger partial charge in [-0.05, 0) is 35.4 Å². The molecule has 0 atom stereocenters. The predicted octanol–water partition coefficient (Wildman–Crippen LogP) is 3.23. The summed E-state index contributed by atoms with van der Waals surface area (Å²) in [5.74, 6) is -1.92. The third kappa shape index (κ3) is 2.93. The van der Waals surface area contributed by atoms with Crippen LogP contribution in [0.2, 0.25) is 0 Å². The summed E-state index contributed by atoms with van der Waals surface area (Å²) in [6.07, 6.45) is 4.10. The van der Waals surface area contributed by atoms with Gasteiger partial charge in [0.1, 0.15) is 29.6 Å². The van der Waals surface area contributed by atoms with E-state index in [4.69, 9.17) is 18.4 Å². The number of hydrogen-bond acceptors (Lipinski definition) is 6. The highest BCUT2D eigenvalue weighted by atomic mass is 19.1. The number of rotatable bonds is 2. The van der Waals surface area contributed by atoms with Gasteiger partial charge in [0.25, 0.3) is 5.82 Å². The molecule has 10 heteroatoms. The average Bonchev–Trinajstić information content (AvgIpc) is 3.26. The van der Waals surface area contributed by atoms with Crippen LogP contribution < -0.4 is 10.7 Å². The van der Waals surface area contributed by atoms with Crippen LogP contribution in [-0.4, -0.2) is 9.97 Å². The van der Waals surface area contributed by atoms with Gasteiger partial charge >= 0.3 is 0 Å². The summed E-state index contributed by atoms with van der Waals surface area (Å²) < 4.78 is 31.4. The highest BCUT2D eigenvalue weighted by Gasteiger charge is 2.26. The first kappa shape index (κ1) is 20.0. The Bertz CT molecular complexity index is 1620. The maximum atomic E-state index is 15.7. The molecule has 2 aromatic heterocycles. The molecule has 2 heterocycles. The summed E-state index contributed by atoms with van der Waals surface area (Å²) in [4.78, 5) is 17.4. The highest BCUT2D eigenvalue weighted by molar-refractivity contribution is 5.72. The van der Waals surface area contributed by atoms with Crippen molar-refractivity contribution in [3.63, 3.8) is 0 Å². The average molecular weight is 420 g/mol. The summed E-state index contributed by atoms with van der Waals surface area (Å²) >= 11 is 0. The molecule has 2 aliphatic rings. The number of hydrogen-bond donors (Lipinski definition) is 0. The van der Waals surface area contributed by atoms with Crippen molar-refractivity contribution in [2.45, 2.75) is 0 Å². The minimum absolute atomic E-state index is 0.0126. The van der Waals surface area contributed by atoms with Crippen LogP contribution in [0, 0.1) is 58.0 Å². The lowest BCUT2D eigenvalue weighted by molar-refractivity contribution is 0.620. The summed E-state index contributed by atoms with van der Waals surface area (Å²) in [6, 6.07) is 7.19. The molecule has 0 bridgehead atoms. The second-order valence-corrected chi connectivity index (χ2v) is 6.29. The van der Waals surface area contributed by atoms with Crippen molar-refractivity contribution in [1.82, 2.24) is 9.97 Å². The number of nitriles is 2. The Hall–Kier alpha value is -5.32. The van der Waals surface area contributed by atoms with Gasteiger partial charge in [0.2, 0.25) is 6.19 Å². The smallest absolute Gasteiger partial charge is 0.270 e. The molecule has 0 spiro atoms. The van der Waals surface area contributed by atoms with Gasteiger partial charge in [-0.2, -0.15) is 22.1 Å². The van der Waals surface area contributed by atoms with E-state index in [0.29, 0.717) is 0 Å². The Balaban J connectivity index is 2.22. The molecule has 4 rings (SSSR count). The van der Waals surface area contributed by atoms with Gasteiger partial charge in [-0.1, -0.05) is 6.57 Å². The molecular formula is C22H6F2N8. The zero-order valence-electron chi connectivity index (χ0n) is 15.8. The van der Waals surface area contributed by atoms with Crippen LogP contribution in [0.1, 0.15) is 5.69 Å². The number of nitrogens with zero attached hydrogens (tertiary/aromatic N) is 8. The summed E-state index contributed by atoms with van der Waals surface area (Å²) in [5, 5.41) is 20.7. The van der Waals surface area contributed by atoms with Crippen LogP contribution in [0.4, 0.5) is 14.6 Å². The zero-order valence-corrected chi connectivity index (χ0v) is 15.8. The van der Waals surface area contributed by atoms with Crippen molar-refractivity contribution in [2.24, 2.45) is 10.1 Å². The molecule has 148 valence electrons. The quantitative estimate of drug-likeness (QED) is 0.282. The zero-order chi connectivity index (χ0) is 22.8. The SMILES string of the molecule is [C-]#[N+]/N=c1\c(-c2ccnc([N+]#[C-])c2)c(F)c2c(=NC#N)c(-c3ccnc(C#N)c3)c(F)c1=2. The number of pyridine rings is 2. The van der Waals surface area contributed by atoms with Crippen LogP contribution >= 0.6 is 0 Å². The molecule has 0 radical (unpaired) electrons. The lowest BCUT2D eigenvalue weighted by atomic mass is 10.1. The minimum Gasteiger partial charge on any atom is -0.361 e. The normalized spacial score (nSPS) is 11.7. The van der Waals surface area contributed by atoms with Gasteiger partial charge in [0, 0.05) is 11.8 Å². The lowest BCUT2D eigenvalue weighted by Gasteiger charge is -2.01. The van der Waals surface area contributed by atoms with Crippen LogP contribution in [-0.2, 0) is 0 Å². The Morgan fingerprint density at radius 3 is 2.16 bits per heavy atom. The number of aromatic nitrogens is 2. The fourth-order valence-corrected chi connectivity index (χ4v) is 3.49. The molecule has 0 amide bonds. The third-order valence-electron chi connectivity index (χ3n) is 4.70. The molecule has 32 heavy (non-hydrogen) atoms. The van der Waals surface area contributed by atoms with E-state index in [1.165, 1.54) is 36.7 Å². The minimum atomic E-state index is -0.948. The van der Waals surface area contributed by atoms with Gasteiger partial charge in [0.05, 0.1) is 26.5 Å². The Morgan fingerprint density at radius 2 is 1.53 bits per heavy atom. The molecule has 2 aromatic rings. The van der Waals surface area contributed by atoms with E-state index in [-0.39, 0.29) is 54.9 Å². The second kappa shape index (κ2) is 7.84. The first-order valence-electron chi connectivity index (χ1n) is 8.73. The predicted molar refractivity (Wildman–Crippen MR) is 105 cm³/mol. The van der Waals surface area contributed by atoms with Gasteiger partial charge in [-0.25, -0.2) is 13.8 Å². The standard InChI is InChI=1S/C22H6F2N8/c1-27-14-8-12(4-6-30-14)16-20(24)17-18(22(16)32-28-2)19(23)15(21(17)31-10-26)11-3-5-29-13(7-11)9-25/h3-8H/b31-21?,32-22+. The van der Waals surface area contributed by atoms with Crippen molar-refractivity contribution in [1.29, 1.82) is 10.5 Å². The molecule has 0 saturated heterocycles. The molecule has 0 saturated carbocycles. The van der Waals surface area contributed by atoms with E-state index in [0.717, 1.165) is 0 Å².